The third kappa shape index (κ3) is 1.42. The number of aryl methyl sites for hydroxylation is 1. The minimum Gasteiger partial charge on any atom is -0.359 e. The fraction of sp³-hybridized carbons (Fsp3) is 0.500. The zero-order valence-electron chi connectivity index (χ0n) is 6.21. The number of hydrogen-bond donors (Lipinski definition) is 1. The van der Waals surface area contributed by atoms with Crippen molar-refractivity contribution in [3.8, 4) is 0 Å². The van der Waals surface area contributed by atoms with Gasteiger partial charge < -0.3 is 5.11 Å². The first-order chi connectivity index (χ1) is 5.44. The van der Waals surface area contributed by atoms with Crippen molar-refractivity contribution in [2.75, 3.05) is 0 Å². The molecular weight excluding hydrogens is 173 g/mol. The van der Waals surface area contributed by atoms with Gasteiger partial charge in [-0.25, -0.2) is 4.39 Å². The van der Waals surface area contributed by atoms with Gasteiger partial charge in [0.15, 0.2) is 0 Å². The Hall–Kier alpha value is -1.04. The number of hydrogen-bond acceptors (Lipinski definition) is 2. The summed E-state index contributed by atoms with van der Waals surface area (Å²) in [5.41, 5.74) is -0.639. The van der Waals surface area contributed by atoms with Crippen molar-refractivity contribution in [2.45, 2.75) is 12.3 Å². The van der Waals surface area contributed by atoms with Gasteiger partial charge >= 0.3 is 5.92 Å². The molecule has 1 aromatic heterocycles. The van der Waals surface area contributed by atoms with Crippen molar-refractivity contribution in [3.05, 3.63) is 18.0 Å². The fourth-order valence-corrected chi connectivity index (χ4v) is 0.731. The van der Waals surface area contributed by atoms with Crippen LogP contribution >= 0.6 is 0 Å². The van der Waals surface area contributed by atoms with Gasteiger partial charge in [0.1, 0.15) is 0 Å². The van der Waals surface area contributed by atoms with Gasteiger partial charge in [-0.15, -0.1) is 0 Å². The molecule has 1 aromatic rings. The van der Waals surface area contributed by atoms with Crippen LogP contribution in [-0.4, -0.2) is 21.2 Å². The van der Waals surface area contributed by atoms with Crippen LogP contribution in [0.4, 0.5) is 13.2 Å². The highest BCUT2D eigenvalue weighted by Gasteiger charge is 2.42. The van der Waals surface area contributed by atoms with Crippen LogP contribution in [0.15, 0.2) is 12.4 Å². The number of aliphatic hydroxyl groups is 1. The second-order valence-corrected chi connectivity index (χ2v) is 2.36. The zero-order chi connectivity index (χ0) is 9.35. The van der Waals surface area contributed by atoms with Crippen molar-refractivity contribution in [1.29, 1.82) is 0 Å². The summed E-state index contributed by atoms with van der Waals surface area (Å²) in [6.07, 6.45) is -1.44. The van der Waals surface area contributed by atoms with Crippen LogP contribution in [0.1, 0.15) is 5.56 Å². The van der Waals surface area contributed by atoms with Crippen LogP contribution in [-0.2, 0) is 13.0 Å². The Morgan fingerprint density at radius 2 is 2.25 bits per heavy atom. The highest BCUT2D eigenvalue weighted by Crippen LogP contribution is 2.31. The van der Waals surface area contributed by atoms with Crippen molar-refractivity contribution < 1.29 is 18.3 Å². The first-order valence-electron chi connectivity index (χ1n) is 3.13. The quantitative estimate of drug-likeness (QED) is 0.730. The Labute approximate surface area is 66.4 Å². The van der Waals surface area contributed by atoms with Gasteiger partial charge in [0, 0.05) is 13.2 Å². The molecule has 0 spiro atoms. The molecule has 12 heavy (non-hydrogen) atoms. The van der Waals surface area contributed by atoms with E-state index in [4.69, 9.17) is 5.11 Å². The third-order valence-corrected chi connectivity index (χ3v) is 1.39. The van der Waals surface area contributed by atoms with Crippen molar-refractivity contribution >= 4 is 0 Å². The molecule has 1 unspecified atom stereocenters. The van der Waals surface area contributed by atoms with Crippen LogP contribution in [0.2, 0.25) is 0 Å². The summed E-state index contributed by atoms with van der Waals surface area (Å²) >= 11 is 0. The van der Waals surface area contributed by atoms with Crippen molar-refractivity contribution in [2.24, 2.45) is 7.05 Å². The second-order valence-electron chi connectivity index (χ2n) is 2.36. The Morgan fingerprint density at radius 3 is 2.58 bits per heavy atom. The lowest BCUT2D eigenvalue weighted by molar-refractivity contribution is -0.174. The standard InChI is InChI=1S/C6H7F3N2O/c1-11-3-4(2-10-11)6(8,9)5(7)12/h2-3,5,12H,1H3. The predicted octanol–water partition coefficient (Wildman–Crippen LogP) is 0.800. The van der Waals surface area contributed by atoms with E-state index in [0.717, 1.165) is 17.1 Å². The van der Waals surface area contributed by atoms with Gasteiger partial charge in [-0.1, -0.05) is 0 Å². The molecule has 0 saturated heterocycles. The normalized spacial score (nSPS) is 14.8. The summed E-state index contributed by atoms with van der Waals surface area (Å²) in [4.78, 5) is 0. The maximum atomic E-state index is 12.6. The number of alkyl halides is 3. The van der Waals surface area contributed by atoms with Gasteiger partial charge in [0.2, 0.25) is 0 Å². The summed E-state index contributed by atoms with van der Waals surface area (Å²) in [6.45, 7) is 0. The molecule has 1 rings (SSSR count). The van der Waals surface area contributed by atoms with Crippen LogP contribution < -0.4 is 0 Å². The molecule has 0 fully saturated rings. The molecule has 68 valence electrons. The molecule has 0 aliphatic heterocycles. The Kier molecular flexibility index (Phi) is 2.10. The van der Waals surface area contributed by atoms with Crippen LogP contribution in [0.3, 0.4) is 0 Å². The lowest BCUT2D eigenvalue weighted by Gasteiger charge is -2.13. The van der Waals surface area contributed by atoms with E-state index in [1.165, 1.54) is 7.05 Å². The maximum absolute atomic E-state index is 12.6. The zero-order valence-corrected chi connectivity index (χ0v) is 6.21. The summed E-state index contributed by atoms with van der Waals surface area (Å²) in [5, 5.41) is 11.5. The van der Waals surface area contributed by atoms with Crippen LogP contribution in [0.25, 0.3) is 0 Å². The first kappa shape index (κ1) is 9.05. The molecule has 0 amide bonds. The summed E-state index contributed by atoms with van der Waals surface area (Å²) < 4.78 is 38.3. The van der Waals surface area contributed by atoms with E-state index in [2.05, 4.69) is 5.10 Å². The fourth-order valence-electron chi connectivity index (χ4n) is 0.731. The maximum Gasteiger partial charge on any atom is 0.330 e. The average molecular weight is 180 g/mol. The third-order valence-electron chi connectivity index (χ3n) is 1.39. The monoisotopic (exact) mass is 180 g/mol. The lowest BCUT2D eigenvalue weighted by atomic mass is 10.2. The molecule has 3 nitrogen and oxygen atoms in total. The highest BCUT2D eigenvalue weighted by molar-refractivity contribution is 5.12. The van der Waals surface area contributed by atoms with Gasteiger partial charge in [0.25, 0.3) is 6.36 Å². The van der Waals surface area contributed by atoms with Crippen LogP contribution in [0, 0.1) is 0 Å². The molecule has 1 atom stereocenters. The topological polar surface area (TPSA) is 38.0 Å². The molecular formula is C6H7F3N2O. The lowest BCUT2D eigenvalue weighted by Crippen LogP contribution is -2.26. The minimum atomic E-state index is -3.88. The number of aromatic nitrogens is 2. The van der Waals surface area contributed by atoms with E-state index in [1.807, 2.05) is 0 Å². The van der Waals surface area contributed by atoms with E-state index in [1.54, 1.807) is 0 Å². The molecule has 6 heteroatoms. The van der Waals surface area contributed by atoms with E-state index in [0.29, 0.717) is 0 Å². The predicted molar refractivity (Wildman–Crippen MR) is 34.2 cm³/mol. The Bertz CT molecular complexity index is 272. The summed E-state index contributed by atoms with van der Waals surface area (Å²) in [5.74, 6) is -3.88. The van der Waals surface area contributed by atoms with E-state index in [-0.39, 0.29) is 0 Å². The molecule has 0 saturated carbocycles. The van der Waals surface area contributed by atoms with Gasteiger partial charge in [-0.2, -0.15) is 13.9 Å². The molecule has 0 aliphatic rings. The molecule has 0 bridgehead atoms. The molecule has 0 aliphatic carbocycles. The number of aliphatic hydroxyl groups excluding tert-OH is 1. The molecule has 0 aromatic carbocycles. The number of halogens is 3. The number of rotatable bonds is 2. The molecule has 0 radical (unpaired) electrons. The van der Waals surface area contributed by atoms with Gasteiger partial charge in [-0.3, -0.25) is 4.68 Å². The average Bonchev–Trinajstić information content (AvgIpc) is 2.35. The highest BCUT2D eigenvalue weighted by atomic mass is 19.3. The van der Waals surface area contributed by atoms with E-state index >= 15 is 0 Å². The first-order valence-corrected chi connectivity index (χ1v) is 3.13. The SMILES string of the molecule is Cn1cc(C(F)(F)C(O)F)cn1. The van der Waals surface area contributed by atoms with E-state index < -0.39 is 17.8 Å². The van der Waals surface area contributed by atoms with E-state index in [9.17, 15) is 13.2 Å². The number of nitrogens with zero attached hydrogens (tertiary/aromatic N) is 2. The summed E-state index contributed by atoms with van der Waals surface area (Å²) in [7, 11) is 1.42. The van der Waals surface area contributed by atoms with Crippen molar-refractivity contribution in [1.82, 2.24) is 9.78 Å². The Morgan fingerprint density at radius 1 is 1.67 bits per heavy atom. The minimum absolute atomic E-state index is 0.639. The van der Waals surface area contributed by atoms with Crippen molar-refractivity contribution in [3.63, 3.8) is 0 Å². The van der Waals surface area contributed by atoms with Gasteiger partial charge in [0.05, 0.1) is 11.8 Å². The van der Waals surface area contributed by atoms with Crippen LogP contribution in [0.5, 0.6) is 0 Å². The largest absolute Gasteiger partial charge is 0.359 e. The second kappa shape index (κ2) is 2.78. The Balaban J connectivity index is 2.97. The smallest absolute Gasteiger partial charge is 0.330 e. The van der Waals surface area contributed by atoms with Gasteiger partial charge in [-0.05, 0) is 0 Å². The summed E-state index contributed by atoms with van der Waals surface area (Å²) in [6, 6.07) is 0. The molecule has 1 heterocycles. The molecule has 1 N–H and O–H groups in total.